The van der Waals surface area contributed by atoms with Gasteiger partial charge in [0.25, 0.3) is 5.91 Å². The van der Waals surface area contributed by atoms with Gasteiger partial charge in [-0.25, -0.2) is 4.79 Å². The highest BCUT2D eigenvalue weighted by Gasteiger charge is 2.29. The zero-order chi connectivity index (χ0) is 27.0. The third kappa shape index (κ3) is 8.59. The van der Waals surface area contributed by atoms with E-state index in [1.807, 2.05) is 0 Å². The van der Waals surface area contributed by atoms with E-state index >= 15 is 0 Å². The Balaban J connectivity index is 1.73. The van der Waals surface area contributed by atoms with Gasteiger partial charge in [0.15, 0.2) is 0 Å². The van der Waals surface area contributed by atoms with Crippen molar-refractivity contribution in [1.29, 1.82) is 0 Å². The minimum Gasteiger partial charge on any atom is -0.492 e. The first-order valence-corrected chi connectivity index (χ1v) is 12.9. The van der Waals surface area contributed by atoms with E-state index in [0.717, 1.165) is 25.7 Å². The minimum absolute atomic E-state index is 0.000186. The molecule has 1 heterocycles. The van der Waals surface area contributed by atoms with Crippen LogP contribution in [0.5, 0.6) is 5.75 Å². The predicted octanol–water partition coefficient (Wildman–Crippen LogP) is 4.29. The normalized spacial score (nSPS) is 14.8. The monoisotopic (exact) mass is 533 g/mol. The number of anilines is 1. The van der Waals surface area contributed by atoms with Crippen molar-refractivity contribution >= 4 is 29.3 Å². The molecule has 2 N–H and O–H groups in total. The van der Waals surface area contributed by atoms with Crippen molar-refractivity contribution < 1.29 is 29.3 Å². The molecule has 0 saturated heterocycles. The van der Waals surface area contributed by atoms with Gasteiger partial charge in [-0.1, -0.05) is 24.4 Å². The minimum atomic E-state index is -1.02. The smallest absolute Gasteiger partial charge is 0.414 e. The Hall–Kier alpha value is -2.88. The number of aromatic nitrogens is 1. The summed E-state index contributed by atoms with van der Waals surface area (Å²) in [6, 6.07) is 8.18. The molecule has 37 heavy (non-hydrogen) atoms. The highest BCUT2D eigenvalue weighted by molar-refractivity contribution is 6.31. The summed E-state index contributed by atoms with van der Waals surface area (Å²) in [4.78, 5) is 33.3. The van der Waals surface area contributed by atoms with Crippen molar-refractivity contribution in [2.75, 3.05) is 31.2 Å². The van der Waals surface area contributed by atoms with Crippen LogP contribution in [0.4, 0.5) is 10.5 Å². The second-order valence-corrected chi connectivity index (χ2v) is 10.5. The van der Waals surface area contributed by atoms with Crippen LogP contribution >= 0.6 is 11.6 Å². The average Bonchev–Trinajstić information content (AvgIpc) is 3.38. The summed E-state index contributed by atoms with van der Waals surface area (Å²) in [5, 5.41) is 19.7. The quantitative estimate of drug-likeness (QED) is 0.468. The first-order valence-electron chi connectivity index (χ1n) is 12.5. The topological polar surface area (TPSA) is 112 Å². The van der Waals surface area contributed by atoms with Gasteiger partial charge in [0.2, 0.25) is 0 Å². The van der Waals surface area contributed by atoms with E-state index in [4.69, 9.17) is 21.1 Å². The van der Waals surface area contributed by atoms with Crippen LogP contribution in [0.15, 0.2) is 42.7 Å². The molecule has 0 aliphatic heterocycles. The van der Waals surface area contributed by atoms with E-state index in [9.17, 15) is 19.8 Å². The molecule has 1 saturated carbocycles. The Bertz CT molecular complexity index is 1040. The molecular weight excluding hydrogens is 498 g/mol. The number of hydrogen-bond donors (Lipinski definition) is 2. The van der Waals surface area contributed by atoms with Crippen LogP contribution in [-0.4, -0.2) is 76.1 Å². The van der Waals surface area contributed by atoms with Gasteiger partial charge in [0, 0.05) is 35.6 Å². The van der Waals surface area contributed by atoms with Gasteiger partial charge in [0.1, 0.15) is 18.0 Å². The number of aliphatic hydroxyl groups is 2. The zero-order valence-electron chi connectivity index (χ0n) is 21.6. The maximum Gasteiger partial charge on any atom is 0.414 e. The van der Waals surface area contributed by atoms with E-state index in [0.29, 0.717) is 22.0 Å². The number of carbonyl (C=O) groups is 2. The van der Waals surface area contributed by atoms with Gasteiger partial charge in [-0.15, -0.1) is 0 Å². The van der Waals surface area contributed by atoms with Crippen LogP contribution in [0, 0.1) is 0 Å². The lowest BCUT2D eigenvalue weighted by atomic mass is 10.1. The molecule has 202 valence electrons. The number of halogens is 1. The maximum atomic E-state index is 13.4. The second-order valence-electron chi connectivity index (χ2n) is 10.1. The zero-order valence-corrected chi connectivity index (χ0v) is 22.4. The third-order valence-electron chi connectivity index (χ3n) is 5.93. The van der Waals surface area contributed by atoms with Gasteiger partial charge in [-0.3, -0.25) is 14.7 Å². The lowest BCUT2D eigenvalue weighted by Gasteiger charge is -2.31. The van der Waals surface area contributed by atoms with Crippen LogP contribution in [0.25, 0.3) is 0 Å². The molecule has 1 aromatic heterocycles. The Morgan fingerprint density at radius 3 is 2.46 bits per heavy atom. The number of amides is 2. The second kappa shape index (κ2) is 13.1. The van der Waals surface area contributed by atoms with E-state index < -0.39 is 24.4 Å². The van der Waals surface area contributed by atoms with Crippen molar-refractivity contribution in [2.24, 2.45) is 0 Å². The first kappa shape index (κ1) is 28.7. The highest BCUT2D eigenvalue weighted by Crippen LogP contribution is 2.28. The summed E-state index contributed by atoms with van der Waals surface area (Å²) >= 11 is 6.32. The molecule has 1 atom stereocenters. The van der Waals surface area contributed by atoms with Crippen LogP contribution in [0.3, 0.4) is 0 Å². The van der Waals surface area contributed by atoms with Crippen LogP contribution < -0.4 is 9.64 Å². The number of nitrogens with zero attached hydrogens (tertiary/aromatic N) is 3. The summed E-state index contributed by atoms with van der Waals surface area (Å²) in [5.41, 5.74) is 0.280. The molecule has 1 aliphatic carbocycles. The van der Waals surface area contributed by atoms with Crippen molar-refractivity contribution in [3.63, 3.8) is 0 Å². The highest BCUT2D eigenvalue weighted by atomic mass is 35.5. The molecule has 1 unspecified atom stereocenters. The lowest BCUT2D eigenvalue weighted by molar-refractivity contribution is 0.0354. The number of hydrogen-bond acceptors (Lipinski definition) is 7. The summed E-state index contributed by atoms with van der Waals surface area (Å²) in [5.74, 6) is 0.0997. The Labute approximate surface area is 223 Å². The fraction of sp³-hybridized carbons (Fsp3) is 0.519. The van der Waals surface area contributed by atoms with Crippen LogP contribution in [0.1, 0.15) is 56.8 Å². The number of carbonyl (C=O) groups excluding carboxylic acids is 2. The molecule has 1 aliphatic rings. The number of aliphatic hydroxyl groups excluding tert-OH is 2. The Kier molecular flexibility index (Phi) is 10.1. The van der Waals surface area contributed by atoms with Gasteiger partial charge < -0.3 is 24.6 Å². The summed E-state index contributed by atoms with van der Waals surface area (Å²) in [6.45, 7) is 5.31. The van der Waals surface area contributed by atoms with Crippen molar-refractivity contribution in [2.45, 2.75) is 64.2 Å². The first-order chi connectivity index (χ1) is 17.6. The molecule has 9 nitrogen and oxygen atoms in total. The molecule has 10 heteroatoms. The number of pyridine rings is 1. The number of ether oxygens (including phenoxy) is 2. The largest absolute Gasteiger partial charge is 0.492 e. The maximum absolute atomic E-state index is 13.4. The molecule has 0 spiro atoms. The Morgan fingerprint density at radius 1 is 1.16 bits per heavy atom. The van der Waals surface area contributed by atoms with Crippen molar-refractivity contribution in [1.82, 2.24) is 9.88 Å². The molecular formula is C27H36ClN3O6. The fourth-order valence-electron chi connectivity index (χ4n) is 4.26. The van der Waals surface area contributed by atoms with E-state index in [1.165, 1.54) is 4.90 Å². The lowest BCUT2D eigenvalue weighted by Crippen LogP contribution is -2.44. The number of rotatable bonds is 10. The van der Waals surface area contributed by atoms with Crippen molar-refractivity contribution in [3.05, 3.63) is 53.3 Å². The molecule has 0 bridgehead atoms. The van der Waals surface area contributed by atoms with Crippen LogP contribution in [0.2, 0.25) is 5.02 Å². The van der Waals surface area contributed by atoms with Gasteiger partial charge in [-0.05, 0) is 63.9 Å². The van der Waals surface area contributed by atoms with Crippen molar-refractivity contribution in [3.8, 4) is 5.75 Å². The molecule has 0 radical (unpaired) electrons. The van der Waals surface area contributed by atoms with Crippen LogP contribution in [-0.2, 0) is 4.74 Å². The molecule has 1 aromatic carbocycles. The molecule has 2 aromatic rings. The van der Waals surface area contributed by atoms with Gasteiger partial charge in [0.05, 0.1) is 24.9 Å². The predicted molar refractivity (Wildman–Crippen MR) is 141 cm³/mol. The molecule has 2 amide bonds. The number of benzene rings is 1. The summed E-state index contributed by atoms with van der Waals surface area (Å²) in [7, 11) is 0. The fourth-order valence-corrected chi connectivity index (χ4v) is 4.48. The third-order valence-corrected chi connectivity index (χ3v) is 6.15. The standard InChI is InChI=1S/C27H36ClN3O6/c1-27(2,3)37-26(35)30(22-8-10-29-11-9-22)12-13-36-24-15-19(14-20(28)16-24)25(34)31(17-23(33)18-32)21-6-4-5-7-21/h8-11,14-16,21,23,32-33H,4-7,12-13,17-18H2,1-3H3. The molecule has 1 fully saturated rings. The average molecular weight is 534 g/mol. The summed E-state index contributed by atoms with van der Waals surface area (Å²) < 4.78 is 11.5. The van der Waals surface area contributed by atoms with Gasteiger partial charge >= 0.3 is 6.09 Å². The van der Waals surface area contributed by atoms with E-state index in [1.54, 1.807) is 68.4 Å². The van der Waals surface area contributed by atoms with E-state index in [-0.39, 0.29) is 31.6 Å². The Morgan fingerprint density at radius 2 is 1.84 bits per heavy atom. The SMILES string of the molecule is CC(C)(C)OC(=O)N(CCOc1cc(Cl)cc(C(=O)N(CC(O)CO)C2CCCC2)c1)c1ccncc1. The summed E-state index contributed by atoms with van der Waals surface area (Å²) in [6.07, 6.45) is 5.37. The van der Waals surface area contributed by atoms with E-state index in [2.05, 4.69) is 4.98 Å². The molecule has 3 rings (SSSR count). The van der Waals surface area contributed by atoms with Gasteiger partial charge in [-0.2, -0.15) is 0 Å².